The van der Waals surface area contributed by atoms with Crippen LogP contribution in [0.15, 0.2) is 41.4 Å². The topological polar surface area (TPSA) is 65.0 Å². The molecule has 166 valence electrons. The van der Waals surface area contributed by atoms with E-state index in [4.69, 9.17) is 0 Å². The van der Waals surface area contributed by atoms with Gasteiger partial charge in [0.1, 0.15) is 0 Å². The van der Waals surface area contributed by atoms with Crippen molar-refractivity contribution in [1.29, 1.82) is 0 Å². The van der Waals surface area contributed by atoms with Gasteiger partial charge in [0.15, 0.2) is 0 Å². The number of rotatable bonds is 5. The molecule has 2 saturated heterocycles. The maximum absolute atomic E-state index is 12.8. The van der Waals surface area contributed by atoms with Crippen molar-refractivity contribution in [2.24, 2.45) is 16.3 Å². The van der Waals surface area contributed by atoms with Gasteiger partial charge in [-0.1, -0.05) is 18.2 Å². The Morgan fingerprint density at radius 3 is 2.61 bits per heavy atom. The van der Waals surface area contributed by atoms with Crippen molar-refractivity contribution in [2.75, 3.05) is 38.0 Å². The quantitative estimate of drug-likeness (QED) is 0.790. The molecule has 0 aromatic heterocycles. The fourth-order valence-corrected chi connectivity index (χ4v) is 4.75. The first-order chi connectivity index (χ1) is 15.0. The van der Waals surface area contributed by atoms with Crippen molar-refractivity contribution in [1.82, 2.24) is 9.80 Å². The Morgan fingerprint density at radius 2 is 1.90 bits per heavy atom. The summed E-state index contributed by atoms with van der Waals surface area (Å²) in [6.45, 7) is 7.01. The van der Waals surface area contributed by atoms with E-state index in [1.165, 1.54) is 12.0 Å². The first-order valence-corrected chi connectivity index (χ1v) is 11.6. The van der Waals surface area contributed by atoms with Gasteiger partial charge in [-0.05, 0) is 75.9 Å². The summed E-state index contributed by atoms with van der Waals surface area (Å²) in [5.41, 5.74) is 1.40. The summed E-state index contributed by atoms with van der Waals surface area (Å²) >= 11 is 0. The Kier molecular flexibility index (Phi) is 6.86. The van der Waals surface area contributed by atoms with Crippen molar-refractivity contribution < 1.29 is 9.59 Å². The molecule has 1 aromatic rings. The molecule has 3 heterocycles. The van der Waals surface area contributed by atoms with E-state index < -0.39 is 5.41 Å². The minimum Gasteiger partial charge on any atom is -0.342 e. The van der Waals surface area contributed by atoms with Crippen molar-refractivity contribution in [3.63, 3.8) is 0 Å². The van der Waals surface area contributed by atoms with Gasteiger partial charge in [-0.25, -0.2) is 0 Å². The van der Waals surface area contributed by atoms with Crippen LogP contribution in [0.3, 0.4) is 0 Å². The number of allylic oxidation sites excluding steroid dienone is 1. The van der Waals surface area contributed by atoms with Crippen molar-refractivity contribution in [3.8, 4) is 0 Å². The van der Waals surface area contributed by atoms with E-state index in [2.05, 4.69) is 32.2 Å². The largest absolute Gasteiger partial charge is 0.342 e. The number of aliphatic imine (C=N–C) groups is 1. The molecule has 2 amide bonds. The lowest BCUT2D eigenvalue weighted by Crippen LogP contribution is -2.44. The molecule has 6 heteroatoms. The summed E-state index contributed by atoms with van der Waals surface area (Å²) in [5.74, 6) is 0.528. The van der Waals surface area contributed by atoms with E-state index in [-0.39, 0.29) is 11.8 Å². The number of hydrogen-bond donors (Lipinski definition) is 1. The van der Waals surface area contributed by atoms with Gasteiger partial charge in [0.05, 0.1) is 12.0 Å². The van der Waals surface area contributed by atoms with Crippen LogP contribution >= 0.6 is 0 Å². The third-order valence-corrected chi connectivity index (χ3v) is 6.79. The van der Waals surface area contributed by atoms with Crippen molar-refractivity contribution >= 4 is 23.7 Å². The molecule has 1 N–H and O–H groups in total. The molecule has 1 aromatic carbocycles. The molecule has 1 unspecified atom stereocenters. The Morgan fingerprint density at radius 1 is 1.13 bits per heavy atom. The van der Waals surface area contributed by atoms with Gasteiger partial charge in [-0.3, -0.25) is 19.5 Å². The maximum Gasteiger partial charge on any atom is 0.236 e. The van der Waals surface area contributed by atoms with E-state index in [1.54, 1.807) is 6.21 Å². The molecule has 6 nitrogen and oxygen atoms in total. The fraction of sp³-hybridized carbons (Fsp3) is 0.560. The number of carbonyl (C=O) groups is 2. The Labute approximate surface area is 185 Å². The lowest BCUT2D eigenvalue weighted by Gasteiger charge is -2.35. The summed E-state index contributed by atoms with van der Waals surface area (Å²) in [4.78, 5) is 34.2. The average Bonchev–Trinajstić information content (AvgIpc) is 2.80. The van der Waals surface area contributed by atoms with Gasteiger partial charge in [-0.15, -0.1) is 0 Å². The third kappa shape index (κ3) is 5.42. The summed E-state index contributed by atoms with van der Waals surface area (Å²) < 4.78 is 0. The number of nitrogens with zero attached hydrogens (tertiary/aromatic N) is 3. The number of hydrogen-bond acceptors (Lipinski definition) is 4. The van der Waals surface area contributed by atoms with Crippen LogP contribution in [0.5, 0.6) is 0 Å². The zero-order chi connectivity index (χ0) is 21.7. The lowest BCUT2D eigenvalue weighted by molar-refractivity contribution is -0.138. The molecule has 0 aliphatic carbocycles. The van der Waals surface area contributed by atoms with Crippen LogP contribution in [0.1, 0.15) is 44.6 Å². The van der Waals surface area contributed by atoms with Crippen LogP contribution in [-0.2, 0) is 16.1 Å². The monoisotopic (exact) mass is 422 g/mol. The number of amides is 2. The van der Waals surface area contributed by atoms with E-state index in [1.807, 2.05) is 31.2 Å². The van der Waals surface area contributed by atoms with Gasteiger partial charge < -0.3 is 10.2 Å². The first kappa shape index (κ1) is 21.8. The van der Waals surface area contributed by atoms with Crippen LogP contribution in [0, 0.1) is 11.3 Å². The molecule has 1 atom stereocenters. The smallest absolute Gasteiger partial charge is 0.236 e. The van der Waals surface area contributed by atoms with Gasteiger partial charge in [0.25, 0.3) is 0 Å². The molecule has 0 spiro atoms. The first-order valence-electron chi connectivity index (χ1n) is 11.6. The second-order valence-electron chi connectivity index (χ2n) is 9.36. The number of dihydropyridines is 1. The predicted molar refractivity (Wildman–Crippen MR) is 124 cm³/mol. The number of piperidine rings is 2. The molecule has 4 rings (SSSR count). The minimum absolute atomic E-state index is 0.0326. The van der Waals surface area contributed by atoms with Gasteiger partial charge >= 0.3 is 0 Å². The highest BCUT2D eigenvalue weighted by molar-refractivity contribution is 5.97. The molecule has 31 heavy (non-hydrogen) atoms. The Bertz CT molecular complexity index is 851. The normalized spacial score (nSPS) is 24.9. The van der Waals surface area contributed by atoms with Crippen molar-refractivity contribution in [2.45, 2.75) is 45.6 Å². The zero-order valence-corrected chi connectivity index (χ0v) is 18.6. The SMILES string of the molecule is CC1(C(=O)Nc2cccc(CN3CCC(C(=O)N4CCCCC4)CC3)c2)C=CC=NC1. The Hall–Kier alpha value is -2.47. The van der Waals surface area contributed by atoms with Gasteiger partial charge in [-0.2, -0.15) is 0 Å². The van der Waals surface area contributed by atoms with Crippen molar-refractivity contribution in [3.05, 3.63) is 42.0 Å². The minimum atomic E-state index is -0.604. The molecule has 0 bridgehead atoms. The van der Waals surface area contributed by atoms with Crippen LogP contribution in [-0.4, -0.2) is 60.6 Å². The highest BCUT2D eigenvalue weighted by Crippen LogP contribution is 2.26. The highest BCUT2D eigenvalue weighted by Gasteiger charge is 2.31. The van der Waals surface area contributed by atoms with E-state index in [0.29, 0.717) is 12.5 Å². The molecular formula is C25H34N4O2. The van der Waals surface area contributed by atoms with Gasteiger partial charge in [0, 0.05) is 37.5 Å². The van der Waals surface area contributed by atoms with E-state index in [0.717, 1.165) is 64.1 Å². The number of anilines is 1. The highest BCUT2D eigenvalue weighted by atomic mass is 16.2. The molecule has 3 aliphatic heterocycles. The van der Waals surface area contributed by atoms with Gasteiger partial charge in [0.2, 0.25) is 11.8 Å². The molecule has 0 saturated carbocycles. The molecule has 2 fully saturated rings. The fourth-order valence-electron chi connectivity index (χ4n) is 4.75. The number of carbonyl (C=O) groups excluding carboxylic acids is 2. The lowest BCUT2D eigenvalue weighted by atomic mass is 9.88. The number of likely N-dealkylation sites (tertiary alicyclic amines) is 2. The van der Waals surface area contributed by atoms with Crippen LogP contribution in [0.2, 0.25) is 0 Å². The number of nitrogens with one attached hydrogen (secondary N) is 1. The van der Waals surface area contributed by atoms with E-state index >= 15 is 0 Å². The summed E-state index contributed by atoms with van der Waals surface area (Å²) in [6, 6.07) is 8.09. The Balaban J connectivity index is 1.28. The van der Waals surface area contributed by atoms with Crippen LogP contribution in [0.4, 0.5) is 5.69 Å². The number of benzene rings is 1. The second-order valence-corrected chi connectivity index (χ2v) is 9.36. The van der Waals surface area contributed by atoms with Crippen LogP contribution in [0.25, 0.3) is 0 Å². The van der Waals surface area contributed by atoms with Crippen LogP contribution < -0.4 is 5.32 Å². The predicted octanol–water partition coefficient (Wildman–Crippen LogP) is 3.50. The zero-order valence-electron chi connectivity index (χ0n) is 18.6. The average molecular weight is 423 g/mol. The standard InChI is InChI=1S/C25H34N4O2/c1-25(11-6-12-26-19-25)24(31)27-22-8-5-7-20(17-22)18-28-15-9-21(10-16-28)23(30)29-13-3-2-4-14-29/h5-8,11-12,17,21H,2-4,9-10,13-16,18-19H2,1H3,(H,27,31). The summed E-state index contributed by atoms with van der Waals surface area (Å²) in [7, 11) is 0. The van der Waals surface area contributed by atoms with E-state index in [9.17, 15) is 9.59 Å². The third-order valence-electron chi connectivity index (χ3n) is 6.79. The molecule has 3 aliphatic rings. The molecule has 0 radical (unpaired) electrons. The second kappa shape index (κ2) is 9.77. The summed E-state index contributed by atoms with van der Waals surface area (Å²) in [6.07, 6.45) is 10.9. The summed E-state index contributed by atoms with van der Waals surface area (Å²) in [5, 5.41) is 3.06. The maximum atomic E-state index is 12.8. The molecular weight excluding hydrogens is 388 g/mol.